The molecule has 0 saturated carbocycles. The van der Waals surface area contributed by atoms with E-state index in [1.807, 2.05) is 26.0 Å². The van der Waals surface area contributed by atoms with Crippen LogP contribution in [0.1, 0.15) is 35.3 Å². The Kier molecular flexibility index (Phi) is 4.90. The molecule has 22 heavy (non-hydrogen) atoms. The second-order valence-electron chi connectivity index (χ2n) is 5.35. The maximum absolute atomic E-state index is 13.3. The third-order valence-corrected chi connectivity index (χ3v) is 3.39. The van der Waals surface area contributed by atoms with Crippen molar-refractivity contribution in [1.82, 2.24) is 4.90 Å². The van der Waals surface area contributed by atoms with Gasteiger partial charge in [0.25, 0.3) is 5.91 Å². The van der Waals surface area contributed by atoms with Crippen molar-refractivity contribution in [2.45, 2.75) is 26.4 Å². The van der Waals surface area contributed by atoms with Gasteiger partial charge < -0.3 is 4.90 Å². The number of hydrogen-bond acceptors (Lipinski definition) is 2. The van der Waals surface area contributed by atoms with Crippen LogP contribution in [0.5, 0.6) is 0 Å². The Morgan fingerprint density at radius 3 is 2.45 bits per heavy atom. The van der Waals surface area contributed by atoms with Crippen molar-refractivity contribution in [3.8, 4) is 6.07 Å². The summed E-state index contributed by atoms with van der Waals surface area (Å²) in [4.78, 5) is 14.2. The number of carbonyl (C=O) groups excluding carboxylic acids is 1. The van der Waals surface area contributed by atoms with Crippen molar-refractivity contribution in [3.63, 3.8) is 0 Å². The molecular formula is C18H17FN2O. The molecule has 0 saturated heterocycles. The van der Waals surface area contributed by atoms with Gasteiger partial charge in [0.15, 0.2) is 0 Å². The predicted molar refractivity (Wildman–Crippen MR) is 82.6 cm³/mol. The van der Waals surface area contributed by atoms with E-state index in [0.717, 1.165) is 5.56 Å². The lowest BCUT2D eigenvalue weighted by Gasteiger charge is -2.27. The standard InChI is InChI=1S/C18H17FN2O/c1-13(2)21(12-15-8-6-14(11-20)7-9-15)18(22)16-4-3-5-17(19)10-16/h3-10,13H,12H2,1-2H3. The molecule has 0 aromatic heterocycles. The molecule has 0 radical (unpaired) electrons. The molecule has 2 rings (SSSR count). The molecule has 3 nitrogen and oxygen atoms in total. The Hall–Kier alpha value is -2.67. The number of halogens is 1. The Bertz CT molecular complexity index is 702. The topological polar surface area (TPSA) is 44.1 Å². The van der Waals surface area contributed by atoms with Crippen molar-refractivity contribution in [3.05, 3.63) is 71.0 Å². The van der Waals surface area contributed by atoms with E-state index >= 15 is 0 Å². The normalized spacial score (nSPS) is 10.3. The lowest BCUT2D eigenvalue weighted by atomic mass is 10.1. The number of benzene rings is 2. The van der Waals surface area contributed by atoms with Crippen LogP contribution < -0.4 is 0 Å². The van der Waals surface area contributed by atoms with E-state index in [0.29, 0.717) is 17.7 Å². The van der Waals surface area contributed by atoms with Crippen LogP contribution in [0.15, 0.2) is 48.5 Å². The zero-order valence-corrected chi connectivity index (χ0v) is 12.6. The van der Waals surface area contributed by atoms with Crippen LogP contribution in [0, 0.1) is 17.1 Å². The molecular weight excluding hydrogens is 279 g/mol. The average Bonchev–Trinajstić information content (AvgIpc) is 2.52. The molecule has 0 heterocycles. The van der Waals surface area contributed by atoms with E-state index in [9.17, 15) is 9.18 Å². The summed E-state index contributed by atoms with van der Waals surface area (Å²) in [6, 6.07) is 14.8. The molecule has 2 aromatic carbocycles. The lowest BCUT2D eigenvalue weighted by molar-refractivity contribution is 0.0690. The Balaban J connectivity index is 2.22. The molecule has 0 bridgehead atoms. The molecule has 112 valence electrons. The van der Waals surface area contributed by atoms with Crippen molar-refractivity contribution in [2.75, 3.05) is 0 Å². The van der Waals surface area contributed by atoms with Gasteiger partial charge in [0.1, 0.15) is 5.82 Å². The van der Waals surface area contributed by atoms with E-state index in [1.165, 1.54) is 18.2 Å². The number of hydrogen-bond donors (Lipinski definition) is 0. The zero-order chi connectivity index (χ0) is 16.1. The van der Waals surface area contributed by atoms with Crippen molar-refractivity contribution in [1.29, 1.82) is 5.26 Å². The summed E-state index contributed by atoms with van der Waals surface area (Å²) in [6.45, 7) is 4.25. The Labute approximate surface area is 129 Å². The van der Waals surface area contributed by atoms with E-state index in [1.54, 1.807) is 23.1 Å². The molecule has 0 aliphatic carbocycles. The fourth-order valence-corrected chi connectivity index (χ4v) is 2.16. The molecule has 2 aromatic rings. The molecule has 0 unspecified atom stereocenters. The highest BCUT2D eigenvalue weighted by molar-refractivity contribution is 5.94. The van der Waals surface area contributed by atoms with Crippen molar-refractivity contribution in [2.24, 2.45) is 0 Å². The summed E-state index contributed by atoms with van der Waals surface area (Å²) in [5, 5.41) is 8.81. The molecule has 0 atom stereocenters. The molecule has 0 aliphatic heterocycles. The van der Waals surface area contributed by atoms with Gasteiger partial charge in [0.05, 0.1) is 11.6 Å². The number of carbonyl (C=O) groups is 1. The van der Waals surface area contributed by atoms with Gasteiger partial charge in [-0.2, -0.15) is 5.26 Å². The van der Waals surface area contributed by atoms with Gasteiger partial charge in [0, 0.05) is 18.2 Å². The minimum Gasteiger partial charge on any atom is -0.332 e. The summed E-state index contributed by atoms with van der Waals surface area (Å²) in [5.41, 5.74) is 1.84. The molecule has 0 fully saturated rings. The number of rotatable bonds is 4. The fraction of sp³-hybridized carbons (Fsp3) is 0.222. The first-order valence-corrected chi connectivity index (χ1v) is 7.07. The highest BCUT2D eigenvalue weighted by Gasteiger charge is 2.19. The summed E-state index contributed by atoms with van der Waals surface area (Å²) >= 11 is 0. The van der Waals surface area contributed by atoms with E-state index in [4.69, 9.17) is 5.26 Å². The van der Waals surface area contributed by atoms with Crippen LogP contribution in [-0.4, -0.2) is 16.8 Å². The number of nitrogens with zero attached hydrogens (tertiary/aromatic N) is 2. The second-order valence-corrected chi connectivity index (χ2v) is 5.35. The highest BCUT2D eigenvalue weighted by atomic mass is 19.1. The van der Waals surface area contributed by atoms with Gasteiger partial charge in [-0.1, -0.05) is 18.2 Å². The zero-order valence-electron chi connectivity index (χ0n) is 12.6. The molecule has 0 N–H and O–H groups in total. The van der Waals surface area contributed by atoms with E-state index in [-0.39, 0.29) is 11.9 Å². The van der Waals surface area contributed by atoms with Crippen LogP contribution in [0.25, 0.3) is 0 Å². The highest BCUT2D eigenvalue weighted by Crippen LogP contribution is 2.15. The number of amides is 1. The summed E-state index contributed by atoms with van der Waals surface area (Å²) in [5.74, 6) is -0.633. The fourth-order valence-electron chi connectivity index (χ4n) is 2.16. The van der Waals surface area contributed by atoms with Crippen molar-refractivity contribution >= 4 is 5.91 Å². The van der Waals surface area contributed by atoms with Gasteiger partial charge in [-0.25, -0.2) is 4.39 Å². The Morgan fingerprint density at radius 2 is 1.91 bits per heavy atom. The third-order valence-electron chi connectivity index (χ3n) is 3.39. The monoisotopic (exact) mass is 296 g/mol. The lowest BCUT2D eigenvalue weighted by Crippen LogP contribution is -2.36. The second kappa shape index (κ2) is 6.86. The third kappa shape index (κ3) is 3.70. The quantitative estimate of drug-likeness (QED) is 0.862. The first-order valence-electron chi connectivity index (χ1n) is 7.07. The van der Waals surface area contributed by atoms with Crippen LogP contribution in [-0.2, 0) is 6.54 Å². The van der Waals surface area contributed by atoms with Crippen LogP contribution >= 0.6 is 0 Å². The number of nitriles is 1. The minimum atomic E-state index is -0.423. The molecule has 0 aliphatic rings. The maximum atomic E-state index is 13.3. The van der Waals surface area contributed by atoms with Crippen LogP contribution in [0.4, 0.5) is 4.39 Å². The summed E-state index contributed by atoms with van der Waals surface area (Å²) in [7, 11) is 0. The van der Waals surface area contributed by atoms with Gasteiger partial charge in [-0.3, -0.25) is 4.79 Å². The van der Waals surface area contributed by atoms with Gasteiger partial charge >= 0.3 is 0 Å². The Morgan fingerprint density at radius 1 is 1.23 bits per heavy atom. The van der Waals surface area contributed by atoms with Crippen LogP contribution in [0.2, 0.25) is 0 Å². The SMILES string of the molecule is CC(C)N(Cc1ccc(C#N)cc1)C(=O)c1cccc(F)c1. The van der Waals surface area contributed by atoms with E-state index in [2.05, 4.69) is 6.07 Å². The van der Waals surface area contributed by atoms with E-state index < -0.39 is 5.82 Å². The van der Waals surface area contributed by atoms with Crippen LogP contribution in [0.3, 0.4) is 0 Å². The smallest absolute Gasteiger partial charge is 0.254 e. The first kappa shape index (κ1) is 15.7. The largest absolute Gasteiger partial charge is 0.332 e. The maximum Gasteiger partial charge on any atom is 0.254 e. The molecule has 0 spiro atoms. The molecule has 1 amide bonds. The van der Waals surface area contributed by atoms with Crippen molar-refractivity contribution < 1.29 is 9.18 Å². The van der Waals surface area contributed by atoms with Gasteiger partial charge in [-0.15, -0.1) is 0 Å². The molecule has 4 heteroatoms. The predicted octanol–water partition coefficient (Wildman–Crippen LogP) is 3.75. The first-order chi connectivity index (χ1) is 10.5. The summed E-state index contributed by atoms with van der Waals surface area (Å²) in [6.07, 6.45) is 0. The minimum absolute atomic E-state index is 0.0218. The average molecular weight is 296 g/mol. The van der Waals surface area contributed by atoms with Gasteiger partial charge in [-0.05, 0) is 49.7 Å². The van der Waals surface area contributed by atoms with Gasteiger partial charge in [0.2, 0.25) is 0 Å². The summed E-state index contributed by atoms with van der Waals surface area (Å²) < 4.78 is 13.3.